The first-order valence-corrected chi connectivity index (χ1v) is 8.46. The maximum atomic E-state index is 13.1. The SMILES string of the molecule is CN(c1ccc(F)cc1NS(C)(=O)=O)S(C)(=O)=O. The molecule has 0 aliphatic carbocycles. The van der Waals surface area contributed by atoms with Gasteiger partial charge in [-0.05, 0) is 12.1 Å². The van der Waals surface area contributed by atoms with E-state index in [-0.39, 0.29) is 11.4 Å². The molecule has 0 radical (unpaired) electrons. The van der Waals surface area contributed by atoms with E-state index in [1.807, 2.05) is 0 Å². The summed E-state index contributed by atoms with van der Waals surface area (Å²) in [6.45, 7) is 0. The van der Waals surface area contributed by atoms with E-state index in [0.29, 0.717) is 0 Å². The van der Waals surface area contributed by atoms with Gasteiger partial charge in [-0.2, -0.15) is 0 Å². The van der Waals surface area contributed by atoms with Crippen LogP contribution in [0.25, 0.3) is 0 Å². The summed E-state index contributed by atoms with van der Waals surface area (Å²) >= 11 is 0. The summed E-state index contributed by atoms with van der Waals surface area (Å²) < 4.78 is 61.1. The monoisotopic (exact) mass is 296 g/mol. The van der Waals surface area contributed by atoms with Crippen molar-refractivity contribution in [1.29, 1.82) is 0 Å². The van der Waals surface area contributed by atoms with Crippen LogP contribution in [0, 0.1) is 5.82 Å². The number of benzene rings is 1. The molecule has 18 heavy (non-hydrogen) atoms. The van der Waals surface area contributed by atoms with Crippen LogP contribution in [0.5, 0.6) is 0 Å². The van der Waals surface area contributed by atoms with E-state index in [4.69, 9.17) is 0 Å². The van der Waals surface area contributed by atoms with Crippen molar-refractivity contribution < 1.29 is 21.2 Å². The highest BCUT2D eigenvalue weighted by Gasteiger charge is 2.18. The fourth-order valence-corrected chi connectivity index (χ4v) is 2.32. The molecular weight excluding hydrogens is 283 g/mol. The Morgan fingerprint density at radius 2 is 1.72 bits per heavy atom. The predicted molar refractivity (Wildman–Crippen MR) is 68.1 cm³/mol. The summed E-state index contributed by atoms with van der Waals surface area (Å²) in [5.41, 5.74) is -0.0882. The minimum absolute atomic E-state index is 0.0457. The number of anilines is 2. The van der Waals surface area contributed by atoms with Crippen molar-refractivity contribution >= 4 is 31.4 Å². The molecule has 0 atom stereocenters. The fraction of sp³-hybridized carbons (Fsp3) is 0.333. The van der Waals surface area contributed by atoms with Crippen LogP contribution in [0.2, 0.25) is 0 Å². The van der Waals surface area contributed by atoms with Crippen LogP contribution in [0.1, 0.15) is 0 Å². The van der Waals surface area contributed by atoms with Crippen LogP contribution in [-0.4, -0.2) is 36.4 Å². The summed E-state index contributed by atoms with van der Waals surface area (Å²) in [5.74, 6) is -0.674. The predicted octanol–water partition coefficient (Wildman–Crippen LogP) is 0.593. The number of nitrogens with one attached hydrogen (secondary N) is 1. The molecule has 0 amide bonds. The second kappa shape index (κ2) is 4.73. The van der Waals surface area contributed by atoms with Crippen molar-refractivity contribution in [3.8, 4) is 0 Å². The second-order valence-electron chi connectivity index (χ2n) is 3.77. The third kappa shape index (κ3) is 3.84. The Kier molecular flexibility index (Phi) is 3.86. The molecule has 0 bridgehead atoms. The number of hydrogen-bond donors (Lipinski definition) is 1. The van der Waals surface area contributed by atoms with Gasteiger partial charge >= 0.3 is 0 Å². The molecule has 6 nitrogen and oxygen atoms in total. The minimum Gasteiger partial charge on any atom is -0.282 e. The molecule has 0 fully saturated rings. The number of hydrogen-bond acceptors (Lipinski definition) is 4. The zero-order valence-electron chi connectivity index (χ0n) is 10.0. The van der Waals surface area contributed by atoms with Crippen LogP contribution in [0.15, 0.2) is 18.2 Å². The van der Waals surface area contributed by atoms with Crippen molar-refractivity contribution in [3.63, 3.8) is 0 Å². The van der Waals surface area contributed by atoms with Gasteiger partial charge in [0, 0.05) is 13.1 Å². The largest absolute Gasteiger partial charge is 0.282 e. The van der Waals surface area contributed by atoms with Crippen LogP contribution >= 0.6 is 0 Å². The molecular formula is C9H13FN2O4S2. The molecule has 102 valence electrons. The van der Waals surface area contributed by atoms with Crippen molar-refractivity contribution in [3.05, 3.63) is 24.0 Å². The molecule has 0 unspecified atom stereocenters. The van der Waals surface area contributed by atoms with E-state index in [1.165, 1.54) is 13.1 Å². The standard InChI is InChI=1S/C9H13FN2O4S2/c1-12(18(3,15)16)9-5-4-7(10)6-8(9)11-17(2,13)14/h4-6,11H,1-3H3. The molecule has 0 aliphatic heterocycles. The van der Waals surface area contributed by atoms with Gasteiger partial charge in [0.25, 0.3) is 0 Å². The molecule has 0 saturated carbocycles. The zero-order valence-corrected chi connectivity index (χ0v) is 11.6. The summed E-state index contributed by atoms with van der Waals surface area (Å²) in [6.07, 6.45) is 1.85. The van der Waals surface area contributed by atoms with Crippen LogP contribution in [0.3, 0.4) is 0 Å². The van der Waals surface area contributed by atoms with Crippen LogP contribution < -0.4 is 9.03 Å². The number of halogens is 1. The minimum atomic E-state index is -3.63. The average Bonchev–Trinajstić information content (AvgIpc) is 2.12. The Hall–Kier alpha value is -1.35. The molecule has 1 aromatic carbocycles. The number of rotatable bonds is 4. The Balaban J connectivity index is 3.37. The third-order valence-corrected chi connectivity index (χ3v) is 3.87. The summed E-state index contributed by atoms with van der Waals surface area (Å²) in [4.78, 5) is 0. The van der Waals surface area contributed by atoms with Gasteiger partial charge in [-0.3, -0.25) is 9.03 Å². The molecule has 0 aromatic heterocycles. The molecule has 0 heterocycles. The second-order valence-corrected chi connectivity index (χ2v) is 7.53. The van der Waals surface area contributed by atoms with Crippen molar-refractivity contribution in [2.45, 2.75) is 0 Å². The summed E-state index contributed by atoms with van der Waals surface area (Å²) in [7, 11) is -5.96. The molecule has 0 saturated heterocycles. The highest BCUT2D eigenvalue weighted by atomic mass is 32.2. The van der Waals surface area contributed by atoms with Crippen LogP contribution in [0.4, 0.5) is 15.8 Å². The first-order chi connectivity index (χ1) is 8.00. The molecule has 0 aliphatic rings. The molecule has 1 rings (SSSR count). The van der Waals surface area contributed by atoms with E-state index in [0.717, 1.165) is 28.9 Å². The lowest BCUT2D eigenvalue weighted by Crippen LogP contribution is -2.26. The zero-order chi connectivity index (χ0) is 14.1. The number of nitrogens with zero attached hydrogens (tertiary/aromatic N) is 1. The fourth-order valence-electron chi connectivity index (χ4n) is 1.24. The van der Waals surface area contributed by atoms with Gasteiger partial charge in [0.1, 0.15) is 5.82 Å². The highest BCUT2D eigenvalue weighted by Crippen LogP contribution is 2.28. The van der Waals surface area contributed by atoms with Gasteiger partial charge in [-0.15, -0.1) is 0 Å². The topological polar surface area (TPSA) is 83.6 Å². The highest BCUT2D eigenvalue weighted by molar-refractivity contribution is 7.92. The van der Waals surface area contributed by atoms with Gasteiger partial charge in [-0.1, -0.05) is 0 Å². The van der Waals surface area contributed by atoms with Gasteiger partial charge in [0.05, 0.1) is 23.9 Å². The van der Waals surface area contributed by atoms with Crippen molar-refractivity contribution in [1.82, 2.24) is 0 Å². The first kappa shape index (κ1) is 14.7. The van der Waals surface area contributed by atoms with E-state index < -0.39 is 25.9 Å². The smallest absolute Gasteiger partial charge is 0.232 e. The Labute approximate surface area is 106 Å². The summed E-state index contributed by atoms with van der Waals surface area (Å²) in [5, 5.41) is 0. The quantitative estimate of drug-likeness (QED) is 0.881. The maximum Gasteiger partial charge on any atom is 0.232 e. The van der Waals surface area contributed by atoms with Gasteiger partial charge in [0.15, 0.2) is 0 Å². The Morgan fingerprint density at radius 3 is 2.17 bits per heavy atom. The van der Waals surface area contributed by atoms with Crippen molar-refractivity contribution in [2.24, 2.45) is 0 Å². The molecule has 0 spiro atoms. The van der Waals surface area contributed by atoms with Crippen LogP contribution in [-0.2, 0) is 20.0 Å². The van der Waals surface area contributed by atoms with Gasteiger partial charge in [0.2, 0.25) is 20.0 Å². The summed E-state index contributed by atoms with van der Waals surface area (Å²) in [6, 6.07) is 3.15. The normalized spacial score (nSPS) is 12.2. The first-order valence-electron chi connectivity index (χ1n) is 4.72. The Morgan fingerprint density at radius 1 is 1.17 bits per heavy atom. The lowest BCUT2D eigenvalue weighted by Gasteiger charge is -2.20. The van der Waals surface area contributed by atoms with E-state index in [9.17, 15) is 21.2 Å². The van der Waals surface area contributed by atoms with Gasteiger partial charge < -0.3 is 0 Å². The molecule has 1 N–H and O–H groups in total. The lowest BCUT2D eigenvalue weighted by molar-refractivity contribution is 0.599. The van der Waals surface area contributed by atoms with E-state index in [2.05, 4.69) is 4.72 Å². The van der Waals surface area contributed by atoms with E-state index >= 15 is 0 Å². The number of sulfonamides is 2. The molecule has 9 heteroatoms. The lowest BCUT2D eigenvalue weighted by atomic mass is 10.2. The van der Waals surface area contributed by atoms with Crippen molar-refractivity contribution in [2.75, 3.05) is 28.6 Å². The molecule has 1 aromatic rings. The van der Waals surface area contributed by atoms with E-state index in [1.54, 1.807) is 0 Å². The third-order valence-electron chi connectivity index (χ3n) is 2.09. The Bertz CT molecular complexity index is 655. The average molecular weight is 296 g/mol. The van der Waals surface area contributed by atoms with Gasteiger partial charge in [-0.25, -0.2) is 21.2 Å². The maximum absolute atomic E-state index is 13.1.